The minimum Gasteiger partial charge on any atom is -0.383 e. The molecule has 0 bridgehead atoms. The topological polar surface area (TPSA) is 106 Å². The highest BCUT2D eigenvalue weighted by molar-refractivity contribution is 6.76. The van der Waals surface area contributed by atoms with Crippen molar-refractivity contribution in [1.82, 2.24) is 34.5 Å². The lowest BCUT2D eigenvalue weighted by Crippen LogP contribution is -2.54. The molecule has 0 spiro atoms. The number of fused-ring (bicyclic) bond motifs is 1. The summed E-state index contributed by atoms with van der Waals surface area (Å²) in [7, 11) is 0.607. The quantitative estimate of drug-likeness (QED) is 0.272. The fourth-order valence-corrected chi connectivity index (χ4v) is 5.31. The fourth-order valence-electron chi connectivity index (χ4n) is 4.56. The molecule has 202 valence electrons. The molecule has 0 amide bonds. The maximum Gasteiger partial charge on any atom is 0.145 e. The molecule has 4 heterocycles. The van der Waals surface area contributed by atoms with E-state index in [0.29, 0.717) is 19.8 Å². The maximum absolute atomic E-state index is 9.52. The van der Waals surface area contributed by atoms with Crippen molar-refractivity contribution in [1.29, 1.82) is 5.26 Å². The summed E-state index contributed by atoms with van der Waals surface area (Å²) in [5, 5.41) is 18.6. The number of nitrogens with one attached hydrogen (secondary N) is 1. The molecule has 0 aliphatic carbocycles. The number of nitriles is 1. The van der Waals surface area contributed by atoms with Crippen LogP contribution in [0, 0.1) is 11.3 Å². The van der Waals surface area contributed by atoms with Crippen LogP contribution in [0.3, 0.4) is 0 Å². The van der Waals surface area contributed by atoms with Crippen LogP contribution in [-0.4, -0.2) is 89.8 Å². The van der Waals surface area contributed by atoms with E-state index >= 15 is 0 Å². The molecule has 1 saturated heterocycles. The molecule has 1 aliphatic rings. The van der Waals surface area contributed by atoms with Crippen LogP contribution in [0.25, 0.3) is 22.3 Å². The monoisotopic (exact) mass is 546 g/mol. The number of aromatic nitrogens is 5. The van der Waals surface area contributed by atoms with Crippen molar-refractivity contribution in [2.75, 3.05) is 46.5 Å². The van der Waals surface area contributed by atoms with Crippen molar-refractivity contribution >= 4 is 31.5 Å². The van der Waals surface area contributed by atoms with Crippen LogP contribution in [0.2, 0.25) is 25.7 Å². The van der Waals surface area contributed by atoms with Crippen LogP contribution in [-0.2, 0) is 16.2 Å². The summed E-state index contributed by atoms with van der Waals surface area (Å²) in [5.41, 5.74) is 2.59. The smallest absolute Gasteiger partial charge is 0.145 e. The molecule has 1 N–H and O–H groups in total. The third-order valence-electron chi connectivity index (χ3n) is 6.64. The van der Waals surface area contributed by atoms with Crippen LogP contribution in [0.4, 0.5) is 0 Å². The number of piperazine rings is 1. The minimum atomic E-state index is -1.12. The van der Waals surface area contributed by atoms with Crippen molar-refractivity contribution in [3.8, 4) is 17.3 Å². The van der Waals surface area contributed by atoms with Crippen molar-refractivity contribution in [2.24, 2.45) is 0 Å². The molecule has 1 fully saturated rings. The zero-order valence-electron chi connectivity index (χ0n) is 22.3. The zero-order valence-corrected chi connectivity index (χ0v) is 24.1. The van der Waals surface area contributed by atoms with Gasteiger partial charge in [-0.25, -0.2) is 9.97 Å². The molecule has 3 aromatic heterocycles. The molecule has 12 heteroatoms. The molecule has 37 heavy (non-hydrogen) atoms. The molecule has 3 aromatic rings. The Labute approximate surface area is 226 Å². The van der Waals surface area contributed by atoms with E-state index < -0.39 is 8.07 Å². The van der Waals surface area contributed by atoms with Gasteiger partial charge in [-0.2, -0.15) is 10.4 Å². The van der Waals surface area contributed by atoms with Crippen molar-refractivity contribution in [3.05, 3.63) is 31.0 Å². The second-order valence-electron chi connectivity index (χ2n) is 10.6. The SMILES string of the molecule is COCC1CNCCN1CC(CC#N)n1cc(-c2ncnc3c2ccn3COCC[Si](C)(C)C)cn1.Cl. The van der Waals surface area contributed by atoms with Crippen molar-refractivity contribution in [2.45, 2.75) is 50.9 Å². The molecule has 4 rings (SSSR count). The van der Waals surface area contributed by atoms with E-state index in [4.69, 9.17) is 9.47 Å². The zero-order chi connectivity index (χ0) is 25.5. The normalized spacial score (nSPS) is 17.4. The lowest BCUT2D eigenvalue weighted by Gasteiger charge is -2.37. The molecule has 2 unspecified atom stereocenters. The third kappa shape index (κ3) is 7.60. The number of hydrogen-bond donors (Lipinski definition) is 1. The number of methoxy groups -OCH3 is 1. The van der Waals surface area contributed by atoms with E-state index in [1.165, 1.54) is 0 Å². The highest BCUT2D eigenvalue weighted by atomic mass is 35.5. The van der Waals surface area contributed by atoms with E-state index in [1.807, 2.05) is 33.9 Å². The Morgan fingerprint density at radius 3 is 2.89 bits per heavy atom. The first-order chi connectivity index (χ1) is 17.4. The van der Waals surface area contributed by atoms with Crippen molar-refractivity contribution < 1.29 is 9.47 Å². The molecule has 0 radical (unpaired) electrons. The van der Waals surface area contributed by atoms with E-state index in [2.05, 4.69) is 51.0 Å². The molecule has 0 saturated carbocycles. The predicted octanol–water partition coefficient (Wildman–Crippen LogP) is 3.40. The average Bonchev–Trinajstić information content (AvgIpc) is 3.50. The van der Waals surface area contributed by atoms with E-state index in [-0.39, 0.29) is 24.5 Å². The standard InChI is InChI=1S/C25H38N8O2Si.ClH/c1-34-17-22-14-27-8-10-31(22)16-21(5-7-26)33-15-20(13-30-33)24-23-6-9-32(25(23)29-18-28-24)19-35-11-12-36(2,3)4;/h6,9,13,15,18,21-22,27H,5,8,10-12,14,16-17,19H2,1-4H3;1H. The van der Waals surface area contributed by atoms with Crippen LogP contribution < -0.4 is 5.32 Å². The Balaban J connectivity index is 0.00000380. The van der Waals surface area contributed by atoms with Crippen LogP contribution in [0.15, 0.2) is 31.0 Å². The largest absolute Gasteiger partial charge is 0.383 e. The number of rotatable bonds is 12. The first-order valence-electron chi connectivity index (χ1n) is 12.6. The fraction of sp³-hybridized carbons (Fsp3) is 0.600. The van der Waals surface area contributed by atoms with Gasteiger partial charge in [0.1, 0.15) is 18.7 Å². The Bertz CT molecular complexity index is 1170. The first kappa shape index (κ1) is 29.2. The number of ether oxygens (including phenoxy) is 2. The second-order valence-corrected chi connectivity index (χ2v) is 16.2. The van der Waals surface area contributed by atoms with Gasteiger partial charge in [-0.3, -0.25) is 9.58 Å². The highest BCUT2D eigenvalue weighted by Gasteiger charge is 2.26. The van der Waals surface area contributed by atoms with Crippen LogP contribution in [0.1, 0.15) is 12.5 Å². The van der Waals surface area contributed by atoms with Crippen LogP contribution in [0.5, 0.6) is 0 Å². The van der Waals surface area contributed by atoms with Gasteiger partial charge >= 0.3 is 0 Å². The molecule has 10 nitrogen and oxygen atoms in total. The molecule has 0 aromatic carbocycles. The summed E-state index contributed by atoms with van der Waals surface area (Å²) >= 11 is 0. The summed E-state index contributed by atoms with van der Waals surface area (Å²) in [4.78, 5) is 11.5. The lowest BCUT2D eigenvalue weighted by atomic mass is 10.1. The minimum absolute atomic E-state index is 0. The average molecular weight is 547 g/mol. The van der Waals surface area contributed by atoms with Gasteiger partial charge in [-0.15, -0.1) is 12.4 Å². The Morgan fingerprint density at radius 2 is 2.14 bits per heavy atom. The Hall–Kier alpha value is -2.33. The van der Waals surface area contributed by atoms with Gasteiger partial charge in [-0.05, 0) is 12.1 Å². The van der Waals surface area contributed by atoms with Gasteiger partial charge in [0.05, 0.1) is 37.0 Å². The predicted molar refractivity (Wildman–Crippen MR) is 149 cm³/mol. The van der Waals surface area contributed by atoms with Gasteiger partial charge < -0.3 is 19.4 Å². The summed E-state index contributed by atoms with van der Waals surface area (Å²) < 4.78 is 15.3. The maximum atomic E-state index is 9.52. The first-order valence-corrected chi connectivity index (χ1v) is 16.3. The van der Waals surface area contributed by atoms with E-state index in [9.17, 15) is 5.26 Å². The van der Waals surface area contributed by atoms with Gasteiger partial charge in [0.25, 0.3) is 0 Å². The van der Waals surface area contributed by atoms with Gasteiger partial charge in [0.2, 0.25) is 0 Å². The molecule has 1 aliphatic heterocycles. The summed E-state index contributed by atoms with van der Waals surface area (Å²) in [6.07, 6.45) is 7.81. The third-order valence-corrected chi connectivity index (χ3v) is 8.34. The summed E-state index contributed by atoms with van der Waals surface area (Å²) in [6.45, 7) is 12.4. The Morgan fingerprint density at radius 1 is 1.30 bits per heavy atom. The number of nitrogens with zero attached hydrogens (tertiary/aromatic N) is 7. The number of halogens is 1. The molecule has 2 atom stereocenters. The van der Waals surface area contributed by atoms with Crippen molar-refractivity contribution in [3.63, 3.8) is 0 Å². The van der Waals surface area contributed by atoms with Gasteiger partial charge in [-0.1, -0.05) is 19.6 Å². The van der Waals surface area contributed by atoms with E-state index in [0.717, 1.165) is 61.1 Å². The van der Waals surface area contributed by atoms with E-state index in [1.54, 1.807) is 13.4 Å². The van der Waals surface area contributed by atoms with Crippen LogP contribution >= 0.6 is 12.4 Å². The molecular weight excluding hydrogens is 508 g/mol. The Kier molecular flexibility index (Phi) is 10.6. The van der Waals surface area contributed by atoms with Gasteiger partial charge in [0, 0.05) is 77.4 Å². The summed E-state index contributed by atoms with van der Waals surface area (Å²) in [5.74, 6) is 0. The molecular formula is C25H39ClN8O2Si. The summed E-state index contributed by atoms with van der Waals surface area (Å²) in [6, 6.07) is 5.75. The van der Waals surface area contributed by atoms with Gasteiger partial charge in [0.15, 0.2) is 0 Å². The second kappa shape index (κ2) is 13.5. The lowest BCUT2D eigenvalue weighted by molar-refractivity contribution is 0.0631. The highest BCUT2D eigenvalue weighted by Crippen LogP contribution is 2.27. The number of hydrogen-bond acceptors (Lipinski definition) is 8.